The summed E-state index contributed by atoms with van der Waals surface area (Å²) in [7, 11) is 1.59. The van der Waals surface area contributed by atoms with E-state index in [1.54, 1.807) is 7.11 Å². The van der Waals surface area contributed by atoms with Gasteiger partial charge in [0.2, 0.25) is 5.91 Å². The van der Waals surface area contributed by atoms with Crippen molar-refractivity contribution in [1.82, 2.24) is 4.98 Å². The smallest absolute Gasteiger partial charge is 0.226 e. The van der Waals surface area contributed by atoms with Gasteiger partial charge in [-0.15, -0.1) is 0 Å². The molecule has 6 nitrogen and oxygen atoms in total. The standard InChI is InChI=1S/C20H18ClN3O3S/c1-26-16-8-11(13-9-17(25)23-19-18(13)28-20(22)24-19)6-7-15(16)27-10-12-4-2-3-5-14(12)21/h2-8,13H,9-10H2,1H3,(H2,22,24)(H,23,25)/t13-/m0/s1. The number of nitrogens with one attached hydrogen (secondary N) is 1. The fourth-order valence-electron chi connectivity index (χ4n) is 3.20. The summed E-state index contributed by atoms with van der Waals surface area (Å²) in [6, 6.07) is 13.2. The summed E-state index contributed by atoms with van der Waals surface area (Å²) in [5.74, 6) is 1.54. The fourth-order valence-corrected chi connectivity index (χ4v) is 4.30. The number of nitrogen functional groups attached to an aromatic ring is 1. The molecule has 28 heavy (non-hydrogen) atoms. The van der Waals surface area contributed by atoms with Crippen LogP contribution in [0.4, 0.5) is 10.9 Å². The first-order valence-corrected chi connectivity index (χ1v) is 9.84. The molecule has 1 aromatic heterocycles. The zero-order valence-electron chi connectivity index (χ0n) is 15.1. The molecule has 0 bridgehead atoms. The number of carbonyl (C=O) groups is 1. The summed E-state index contributed by atoms with van der Waals surface area (Å²) in [5.41, 5.74) is 7.67. The van der Waals surface area contributed by atoms with Gasteiger partial charge >= 0.3 is 0 Å². The predicted octanol–water partition coefficient (Wildman–Crippen LogP) is 4.44. The van der Waals surface area contributed by atoms with Crippen molar-refractivity contribution in [1.29, 1.82) is 0 Å². The van der Waals surface area contributed by atoms with Crippen LogP contribution in [-0.2, 0) is 11.4 Å². The molecule has 0 aliphatic carbocycles. The topological polar surface area (TPSA) is 86.5 Å². The molecule has 4 rings (SSSR count). The van der Waals surface area contributed by atoms with E-state index in [-0.39, 0.29) is 11.8 Å². The van der Waals surface area contributed by atoms with Crippen molar-refractivity contribution in [2.45, 2.75) is 18.9 Å². The molecular formula is C20H18ClN3O3S. The van der Waals surface area contributed by atoms with E-state index in [2.05, 4.69) is 10.3 Å². The molecule has 8 heteroatoms. The van der Waals surface area contributed by atoms with Crippen molar-refractivity contribution in [2.75, 3.05) is 18.2 Å². The van der Waals surface area contributed by atoms with E-state index < -0.39 is 0 Å². The Bertz CT molecular complexity index is 1040. The number of nitrogens with zero attached hydrogens (tertiary/aromatic N) is 1. The second-order valence-electron chi connectivity index (χ2n) is 6.36. The number of amides is 1. The Hall–Kier alpha value is -2.77. The number of anilines is 2. The Morgan fingerprint density at radius 3 is 2.89 bits per heavy atom. The Balaban J connectivity index is 1.61. The molecule has 1 atom stereocenters. The van der Waals surface area contributed by atoms with Crippen LogP contribution in [0.5, 0.6) is 11.5 Å². The SMILES string of the molecule is COc1cc([C@@H]2CC(=O)Nc3nc(N)sc32)ccc1OCc1ccccc1Cl. The predicted molar refractivity (Wildman–Crippen MR) is 110 cm³/mol. The molecular weight excluding hydrogens is 398 g/mol. The van der Waals surface area contributed by atoms with Gasteiger partial charge in [-0.2, -0.15) is 0 Å². The molecule has 3 N–H and O–H groups in total. The number of rotatable bonds is 5. The molecule has 0 spiro atoms. The average Bonchev–Trinajstić information content (AvgIpc) is 3.06. The maximum atomic E-state index is 12.1. The number of thiazole rings is 1. The number of nitrogens with two attached hydrogens (primary N) is 1. The second kappa shape index (κ2) is 7.69. The number of methoxy groups -OCH3 is 1. The highest BCUT2D eigenvalue weighted by atomic mass is 35.5. The Morgan fingerprint density at radius 1 is 1.29 bits per heavy atom. The zero-order valence-corrected chi connectivity index (χ0v) is 16.6. The Kier molecular flexibility index (Phi) is 5.11. The molecule has 0 fully saturated rings. The van der Waals surface area contributed by atoms with Gasteiger partial charge in [0.1, 0.15) is 12.4 Å². The minimum absolute atomic E-state index is 0.0826. The van der Waals surface area contributed by atoms with Gasteiger partial charge < -0.3 is 20.5 Å². The minimum atomic E-state index is -0.120. The fraction of sp³-hybridized carbons (Fsp3) is 0.200. The van der Waals surface area contributed by atoms with Crippen molar-refractivity contribution in [2.24, 2.45) is 0 Å². The summed E-state index contributed by atoms with van der Waals surface area (Å²) in [6.07, 6.45) is 0.331. The monoisotopic (exact) mass is 415 g/mol. The third kappa shape index (κ3) is 3.63. The highest BCUT2D eigenvalue weighted by molar-refractivity contribution is 7.16. The number of ether oxygens (including phenoxy) is 2. The number of benzene rings is 2. The van der Waals surface area contributed by atoms with Crippen LogP contribution in [-0.4, -0.2) is 18.0 Å². The van der Waals surface area contributed by atoms with Crippen LogP contribution in [0.1, 0.15) is 28.3 Å². The van der Waals surface area contributed by atoms with Gasteiger partial charge in [-0.3, -0.25) is 4.79 Å². The van der Waals surface area contributed by atoms with Gasteiger partial charge in [0, 0.05) is 22.9 Å². The Labute approximate surface area is 171 Å². The maximum absolute atomic E-state index is 12.1. The molecule has 3 aromatic rings. The highest BCUT2D eigenvalue weighted by Gasteiger charge is 2.30. The van der Waals surface area contributed by atoms with E-state index >= 15 is 0 Å². The number of fused-ring (bicyclic) bond motifs is 1. The quantitative estimate of drug-likeness (QED) is 0.643. The van der Waals surface area contributed by atoms with Crippen LogP contribution in [0, 0.1) is 0 Å². The molecule has 0 saturated carbocycles. The van der Waals surface area contributed by atoms with E-state index in [1.807, 2.05) is 42.5 Å². The third-order valence-electron chi connectivity index (χ3n) is 4.56. The molecule has 1 aliphatic rings. The first kappa shape index (κ1) is 18.6. The molecule has 1 amide bonds. The summed E-state index contributed by atoms with van der Waals surface area (Å²) in [6.45, 7) is 0.330. The zero-order chi connectivity index (χ0) is 19.7. The van der Waals surface area contributed by atoms with E-state index in [0.717, 1.165) is 16.0 Å². The van der Waals surface area contributed by atoms with E-state index in [1.165, 1.54) is 11.3 Å². The normalized spacial score (nSPS) is 15.6. The van der Waals surface area contributed by atoms with Crippen LogP contribution in [0.2, 0.25) is 5.02 Å². The van der Waals surface area contributed by atoms with Gasteiger partial charge in [0.05, 0.1) is 12.0 Å². The largest absolute Gasteiger partial charge is 0.493 e. The summed E-state index contributed by atoms with van der Waals surface area (Å²) in [4.78, 5) is 17.2. The van der Waals surface area contributed by atoms with Crippen LogP contribution in [0.3, 0.4) is 0 Å². The van der Waals surface area contributed by atoms with Gasteiger partial charge in [0.15, 0.2) is 16.6 Å². The summed E-state index contributed by atoms with van der Waals surface area (Å²) in [5, 5.41) is 3.86. The van der Waals surface area contributed by atoms with Gasteiger partial charge in [-0.25, -0.2) is 4.98 Å². The molecule has 0 radical (unpaired) electrons. The minimum Gasteiger partial charge on any atom is -0.493 e. The lowest BCUT2D eigenvalue weighted by Crippen LogP contribution is -2.22. The second-order valence-corrected chi connectivity index (χ2v) is 7.83. The van der Waals surface area contributed by atoms with E-state index in [4.69, 9.17) is 26.8 Å². The number of halogens is 1. The van der Waals surface area contributed by atoms with Crippen molar-refractivity contribution >= 4 is 39.8 Å². The molecule has 1 aliphatic heterocycles. The number of aromatic nitrogens is 1. The molecule has 2 heterocycles. The first-order chi connectivity index (χ1) is 13.5. The average molecular weight is 416 g/mol. The van der Waals surface area contributed by atoms with Crippen molar-refractivity contribution in [3.8, 4) is 11.5 Å². The van der Waals surface area contributed by atoms with E-state index in [0.29, 0.717) is 40.5 Å². The molecule has 0 saturated heterocycles. The van der Waals surface area contributed by atoms with E-state index in [9.17, 15) is 4.79 Å². The lowest BCUT2D eigenvalue weighted by molar-refractivity contribution is -0.116. The van der Waals surface area contributed by atoms with Crippen molar-refractivity contribution < 1.29 is 14.3 Å². The van der Waals surface area contributed by atoms with Crippen LogP contribution >= 0.6 is 22.9 Å². The molecule has 144 valence electrons. The van der Waals surface area contributed by atoms with Crippen molar-refractivity contribution in [3.05, 3.63) is 63.5 Å². The van der Waals surface area contributed by atoms with Gasteiger partial charge in [-0.1, -0.05) is 47.2 Å². The molecule has 0 unspecified atom stereocenters. The number of hydrogen-bond acceptors (Lipinski definition) is 6. The van der Waals surface area contributed by atoms with Crippen LogP contribution in [0.15, 0.2) is 42.5 Å². The van der Waals surface area contributed by atoms with Crippen LogP contribution in [0.25, 0.3) is 0 Å². The summed E-state index contributed by atoms with van der Waals surface area (Å²) >= 11 is 7.58. The van der Waals surface area contributed by atoms with Crippen LogP contribution < -0.4 is 20.5 Å². The van der Waals surface area contributed by atoms with Gasteiger partial charge in [-0.05, 0) is 23.8 Å². The summed E-state index contributed by atoms with van der Waals surface area (Å²) < 4.78 is 11.4. The lowest BCUT2D eigenvalue weighted by Gasteiger charge is -2.22. The highest BCUT2D eigenvalue weighted by Crippen LogP contribution is 2.43. The van der Waals surface area contributed by atoms with Gasteiger partial charge in [0.25, 0.3) is 0 Å². The van der Waals surface area contributed by atoms with Crippen molar-refractivity contribution in [3.63, 3.8) is 0 Å². The maximum Gasteiger partial charge on any atom is 0.226 e. The Morgan fingerprint density at radius 2 is 2.11 bits per heavy atom. The first-order valence-electron chi connectivity index (χ1n) is 8.65. The molecule has 2 aromatic carbocycles. The lowest BCUT2D eigenvalue weighted by atomic mass is 9.91. The number of carbonyl (C=O) groups excluding carboxylic acids is 1. The number of hydrogen-bond donors (Lipinski definition) is 2. The third-order valence-corrected chi connectivity index (χ3v) is 5.93.